The number of nitrogens with one attached hydrogen (secondary N) is 1. The highest BCUT2D eigenvalue weighted by Crippen LogP contribution is 2.26. The van der Waals surface area contributed by atoms with Crippen molar-refractivity contribution in [3.8, 4) is 11.3 Å². The fourth-order valence-corrected chi connectivity index (χ4v) is 2.35. The van der Waals surface area contributed by atoms with E-state index in [2.05, 4.69) is 76.4 Å². The van der Waals surface area contributed by atoms with Crippen molar-refractivity contribution >= 4 is 26.8 Å². The summed E-state index contributed by atoms with van der Waals surface area (Å²) in [4.78, 5) is 3.44. The number of hydrogen-bond acceptors (Lipinski definition) is 0. The first kappa shape index (κ1) is 10.6. The van der Waals surface area contributed by atoms with Crippen LogP contribution in [0.15, 0.2) is 53.0 Å². The first-order valence-corrected chi connectivity index (χ1v) is 6.37. The van der Waals surface area contributed by atoms with Gasteiger partial charge in [-0.05, 0) is 30.7 Å². The van der Waals surface area contributed by atoms with E-state index in [4.69, 9.17) is 0 Å². The molecule has 1 aromatic heterocycles. The van der Waals surface area contributed by atoms with Gasteiger partial charge in [0.15, 0.2) is 0 Å². The molecule has 3 aromatic rings. The van der Waals surface area contributed by atoms with Gasteiger partial charge >= 0.3 is 0 Å². The van der Waals surface area contributed by atoms with Crippen LogP contribution in [0.4, 0.5) is 0 Å². The van der Waals surface area contributed by atoms with Crippen LogP contribution in [0, 0.1) is 6.92 Å². The number of halogens is 1. The van der Waals surface area contributed by atoms with Gasteiger partial charge in [0.25, 0.3) is 0 Å². The molecule has 2 heteroatoms. The summed E-state index contributed by atoms with van der Waals surface area (Å²) >= 11 is 3.49. The van der Waals surface area contributed by atoms with E-state index >= 15 is 0 Å². The topological polar surface area (TPSA) is 15.8 Å². The quantitative estimate of drug-likeness (QED) is 0.654. The van der Waals surface area contributed by atoms with Gasteiger partial charge in [-0.2, -0.15) is 0 Å². The molecule has 0 spiro atoms. The maximum atomic E-state index is 3.49. The molecule has 0 atom stereocenters. The second kappa shape index (κ2) is 4.04. The van der Waals surface area contributed by atoms with E-state index in [1.165, 1.54) is 16.5 Å². The number of fused-ring (bicyclic) bond motifs is 1. The Kier molecular flexibility index (Phi) is 2.52. The summed E-state index contributed by atoms with van der Waals surface area (Å²) in [5, 5.41) is 1.24. The van der Waals surface area contributed by atoms with Crippen molar-refractivity contribution in [2.45, 2.75) is 6.92 Å². The summed E-state index contributed by atoms with van der Waals surface area (Å²) in [6, 6.07) is 17.0. The van der Waals surface area contributed by atoms with Crippen molar-refractivity contribution in [1.29, 1.82) is 0 Å². The molecule has 0 unspecified atom stereocenters. The van der Waals surface area contributed by atoms with Crippen molar-refractivity contribution in [3.05, 3.63) is 58.6 Å². The van der Waals surface area contributed by atoms with Crippen LogP contribution in [0.2, 0.25) is 0 Å². The Morgan fingerprint density at radius 3 is 2.47 bits per heavy atom. The van der Waals surface area contributed by atoms with Crippen molar-refractivity contribution in [2.75, 3.05) is 0 Å². The lowest BCUT2D eigenvalue weighted by atomic mass is 10.1. The number of aromatic nitrogens is 1. The van der Waals surface area contributed by atoms with Crippen LogP contribution in [-0.2, 0) is 0 Å². The highest BCUT2D eigenvalue weighted by atomic mass is 79.9. The molecule has 0 aliphatic carbocycles. The summed E-state index contributed by atoms with van der Waals surface area (Å²) in [7, 11) is 0. The number of aryl methyl sites for hydroxylation is 1. The Bertz CT molecular complexity index is 665. The minimum Gasteiger partial charge on any atom is -0.354 e. The van der Waals surface area contributed by atoms with Crippen LogP contribution >= 0.6 is 15.9 Å². The molecule has 0 saturated carbocycles. The maximum absolute atomic E-state index is 3.49. The van der Waals surface area contributed by atoms with E-state index in [-0.39, 0.29) is 0 Å². The molecule has 0 fully saturated rings. The molecule has 84 valence electrons. The summed E-state index contributed by atoms with van der Waals surface area (Å²) in [5.41, 5.74) is 4.84. The molecule has 3 rings (SSSR count). The van der Waals surface area contributed by atoms with Crippen LogP contribution < -0.4 is 0 Å². The molecule has 0 radical (unpaired) electrons. The van der Waals surface area contributed by atoms with Gasteiger partial charge in [-0.25, -0.2) is 0 Å². The zero-order valence-corrected chi connectivity index (χ0v) is 11.1. The van der Waals surface area contributed by atoms with Crippen molar-refractivity contribution in [1.82, 2.24) is 4.98 Å². The van der Waals surface area contributed by atoms with Gasteiger partial charge < -0.3 is 4.98 Å². The lowest BCUT2D eigenvalue weighted by Crippen LogP contribution is -1.77. The molecule has 1 heterocycles. The van der Waals surface area contributed by atoms with Crippen LogP contribution in [0.25, 0.3) is 22.2 Å². The fraction of sp³-hybridized carbons (Fsp3) is 0.0667. The molecule has 1 N–H and O–H groups in total. The Morgan fingerprint density at radius 1 is 0.941 bits per heavy atom. The Balaban J connectivity index is 2.14. The average Bonchev–Trinajstić information content (AvgIpc) is 2.72. The minimum absolute atomic E-state index is 1.10. The molecule has 2 aromatic carbocycles. The maximum Gasteiger partial charge on any atom is 0.0470 e. The number of rotatable bonds is 1. The summed E-state index contributed by atoms with van der Waals surface area (Å²) in [6.07, 6.45) is 0. The number of hydrogen-bond donors (Lipinski definition) is 1. The van der Waals surface area contributed by atoms with Crippen LogP contribution in [-0.4, -0.2) is 4.98 Å². The van der Waals surface area contributed by atoms with Crippen molar-refractivity contribution in [2.24, 2.45) is 0 Å². The van der Waals surface area contributed by atoms with Gasteiger partial charge in [0.2, 0.25) is 0 Å². The third-order valence-electron chi connectivity index (χ3n) is 2.95. The Hall–Kier alpha value is -1.54. The molecule has 0 aliphatic rings. The zero-order chi connectivity index (χ0) is 11.8. The molecular formula is C15H12BrN. The van der Waals surface area contributed by atoms with E-state index in [1.807, 2.05) is 0 Å². The van der Waals surface area contributed by atoms with Crippen LogP contribution in [0.3, 0.4) is 0 Å². The fourth-order valence-electron chi connectivity index (χ4n) is 1.99. The van der Waals surface area contributed by atoms with Gasteiger partial charge in [0, 0.05) is 21.1 Å². The lowest BCUT2D eigenvalue weighted by molar-refractivity contribution is 1.42. The minimum atomic E-state index is 1.10. The standard InChI is InChI=1S/C15H12BrN/c1-10-2-4-11(5-3-10)14-8-12-6-7-13(16)9-15(12)17-14/h2-9,17H,1H3. The first-order valence-electron chi connectivity index (χ1n) is 5.58. The Labute approximate surface area is 109 Å². The van der Waals surface area contributed by atoms with Crippen LogP contribution in [0.5, 0.6) is 0 Å². The van der Waals surface area contributed by atoms with Crippen molar-refractivity contribution in [3.63, 3.8) is 0 Å². The van der Waals surface area contributed by atoms with Gasteiger partial charge in [-0.3, -0.25) is 0 Å². The number of aromatic amines is 1. The predicted octanol–water partition coefficient (Wildman–Crippen LogP) is 4.91. The van der Waals surface area contributed by atoms with E-state index < -0.39 is 0 Å². The smallest absolute Gasteiger partial charge is 0.0470 e. The molecule has 0 amide bonds. The molecule has 0 bridgehead atoms. The molecular weight excluding hydrogens is 274 g/mol. The highest BCUT2D eigenvalue weighted by Gasteiger charge is 2.03. The highest BCUT2D eigenvalue weighted by molar-refractivity contribution is 9.10. The third-order valence-corrected chi connectivity index (χ3v) is 3.44. The lowest BCUT2D eigenvalue weighted by Gasteiger charge is -1.97. The average molecular weight is 286 g/mol. The summed E-state index contributed by atoms with van der Waals surface area (Å²) in [5.74, 6) is 0. The molecule has 0 aliphatic heterocycles. The molecule has 0 saturated heterocycles. The largest absolute Gasteiger partial charge is 0.354 e. The molecule has 1 nitrogen and oxygen atoms in total. The van der Waals surface area contributed by atoms with Gasteiger partial charge in [-0.15, -0.1) is 0 Å². The zero-order valence-electron chi connectivity index (χ0n) is 9.50. The Morgan fingerprint density at radius 2 is 1.71 bits per heavy atom. The third kappa shape index (κ3) is 2.01. The number of benzene rings is 2. The van der Waals surface area contributed by atoms with Gasteiger partial charge in [0.05, 0.1) is 0 Å². The van der Waals surface area contributed by atoms with E-state index in [1.54, 1.807) is 0 Å². The van der Waals surface area contributed by atoms with Crippen molar-refractivity contribution < 1.29 is 0 Å². The predicted molar refractivity (Wildman–Crippen MR) is 76.2 cm³/mol. The van der Waals surface area contributed by atoms with Crippen LogP contribution in [0.1, 0.15) is 5.56 Å². The summed E-state index contributed by atoms with van der Waals surface area (Å²) < 4.78 is 1.10. The molecule has 17 heavy (non-hydrogen) atoms. The number of H-pyrrole nitrogens is 1. The summed E-state index contributed by atoms with van der Waals surface area (Å²) in [6.45, 7) is 2.10. The van der Waals surface area contributed by atoms with E-state index in [9.17, 15) is 0 Å². The second-order valence-corrected chi connectivity index (χ2v) is 5.20. The van der Waals surface area contributed by atoms with Gasteiger partial charge in [-0.1, -0.05) is 51.8 Å². The van der Waals surface area contributed by atoms with E-state index in [0.717, 1.165) is 15.7 Å². The van der Waals surface area contributed by atoms with E-state index in [0.29, 0.717) is 0 Å². The first-order chi connectivity index (χ1) is 8.22. The van der Waals surface area contributed by atoms with Gasteiger partial charge in [0.1, 0.15) is 0 Å². The monoisotopic (exact) mass is 285 g/mol. The normalized spacial score (nSPS) is 10.9. The second-order valence-electron chi connectivity index (χ2n) is 4.28. The SMILES string of the molecule is Cc1ccc(-c2cc3ccc(Br)cc3[nH]2)cc1.